The maximum atomic E-state index is 14.2. The van der Waals surface area contributed by atoms with Crippen molar-refractivity contribution in [1.82, 2.24) is 50.1 Å². The number of benzene rings is 4. The monoisotopic (exact) mass is 1070 g/mol. The molecule has 2 aliphatic rings. The van der Waals surface area contributed by atoms with E-state index in [4.69, 9.17) is 9.31 Å². The predicted octanol–water partition coefficient (Wildman–Crippen LogP) is 8.55. The molecule has 5 heterocycles. The molecule has 4 aromatic carbocycles. The van der Waals surface area contributed by atoms with Crippen LogP contribution in [0.4, 0.5) is 0 Å². The number of phenolic OH excluding ortho intramolecular Hbond substituents is 2. The van der Waals surface area contributed by atoms with Gasteiger partial charge in [-0.1, -0.05) is 70.2 Å². The third-order valence-electron chi connectivity index (χ3n) is 15.6. The van der Waals surface area contributed by atoms with Crippen molar-refractivity contribution < 1.29 is 38.7 Å². The Morgan fingerprint density at radius 3 is 2.27 bits per heavy atom. The summed E-state index contributed by atoms with van der Waals surface area (Å²) in [6, 6.07) is 27.1. The zero-order valence-electron chi connectivity index (χ0n) is 46.3. The Balaban J connectivity index is 0.825. The number of fused-ring (bicyclic) bond motifs is 1. The predicted molar refractivity (Wildman–Crippen MR) is 302 cm³/mol. The van der Waals surface area contributed by atoms with Crippen LogP contribution in [-0.2, 0) is 32.7 Å². The van der Waals surface area contributed by atoms with Crippen LogP contribution >= 0.6 is 0 Å². The molecule has 2 saturated heterocycles. The highest BCUT2D eigenvalue weighted by molar-refractivity contribution is 6.48. The molecule has 19 heteroatoms. The molecule has 3 aromatic heterocycles. The molecule has 0 radical (unpaired) electrons. The van der Waals surface area contributed by atoms with E-state index >= 15 is 0 Å². The summed E-state index contributed by atoms with van der Waals surface area (Å²) >= 11 is 0. The molecule has 0 saturated carbocycles. The van der Waals surface area contributed by atoms with Gasteiger partial charge in [0.05, 0.1) is 29.0 Å². The number of nitrogens with one attached hydrogen (secondary N) is 3. The number of hydrogen-bond acceptors (Lipinski definition) is 12. The van der Waals surface area contributed by atoms with Crippen LogP contribution in [0.2, 0.25) is 0 Å². The van der Waals surface area contributed by atoms with E-state index in [2.05, 4.69) is 60.7 Å². The Bertz CT molecular complexity index is 3300. The molecule has 0 aliphatic carbocycles. The number of aromatic hydroxyl groups is 2. The minimum atomic E-state index is -0.955. The van der Waals surface area contributed by atoms with Gasteiger partial charge in [0.15, 0.2) is 5.82 Å². The van der Waals surface area contributed by atoms with Crippen LogP contribution in [0, 0.1) is 11.8 Å². The van der Waals surface area contributed by atoms with E-state index in [1.54, 1.807) is 10.6 Å². The van der Waals surface area contributed by atoms with Crippen molar-refractivity contribution in [2.24, 2.45) is 11.8 Å². The third-order valence-corrected chi connectivity index (χ3v) is 15.6. The number of amides is 4. The maximum absolute atomic E-state index is 14.2. The molecule has 2 fully saturated rings. The van der Waals surface area contributed by atoms with E-state index in [0.29, 0.717) is 54.4 Å². The number of piperidine rings is 1. The van der Waals surface area contributed by atoms with Crippen molar-refractivity contribution in [3.63, 3.8) is 0 Å². The number of rotatable bonds is 19. The van der Waals surface area contributed by atoms with Crippen molar-refractivity contribution in [3.8, 4) is 28.6 Å². The highest BCUT2D eigenvalue weighted by Gasteiger charge is 2.57. The van der Waals surface area contributed by atoms with Gasteiger partial charge in [-0.2, -0.15) is 0 Å². The molecule has 7 aromatic rings. The Morgan fingerprint density at radius 1 is 0.835 bits per heavy atom. The standard InChI is InChI=1S/C60H71BN10O8/c1-9-63-57(76)54-68-67-53(46-34-45(38(4)5)50(72)35-51(46)73)71(54)44-19-20-49-42(33-44)24-30-69(49)27-21-39-22-28-70(29-23-39)58(77)41-15-17-43(18-16-41)60(8)59(6,7)78-61(79-60)52(31-37(2)3)66-55(74)47(32-40-13-11-10-12-14-40)65-56(75)48-36-62-25-26-64-48/h10-20,24-26,30,33-39,47,52,72-73H,9,21-23,27-29,31-32H2,1-8H3,(H,63,76)(H,65,75)(H,66,74). The van der Waals surface area contributed by atoms with Gasteiger partial charge in [-0.05, 0) is 130 Å². The Kier molecular flexibility index (Phi) is 16.7. The average Bonchev–Trinajstić information content (AvgIpc) is 4.36. The molecule has 5 N–H and O–H groups in total. The lowest BCUT2D eigenvalue weighted by Crippen LogP contribution is -2.55. The molecule has 3 atom stereocenters. The molecule has 18 nitrogen and oxygen atoms in total. The number of hydrogen-bond donors (Lipinski definition) is 5. The summed E-state index contributed by atoms with van der Waals surface area (Å²) in [5.74, 6) is -1.19. The number of carbonyl (C=O) groups is 4. The van der Waals surface area contributed by atoms with E-state index in [1.165, 1.54) is 24.7 Å². The fourth-order valence-corrected chi connectivity index (χ4v) is 10.8. The quantitative estimate of drug-likeness (QED) is 0.0480. The second kappa shape index (κ2) is 23.6. The number of nitrogens with zero attached hydrogens (tertiary/aromatic N) is 7. The molecule has 3 unspecified atom stereocenters. The first kappa shape index (κ1) is 55.8. The highest BCUT2D eigenvalue weighted by Crippen LogP contribution is 2.46. The second-order valence-electron chi connectivity index (χ2n) is 22.2. The molecular weight excluding hydrogens is 1000 g/mol. The zero-order chi connectivity index (χ0) is 56.2. The van der Waals surface area contributed by atoms with Crippen LogP contribution in [0.1, 0.15) is 135 Å². The summed E-state index contributed by atoms with van der Waals surface area (Å²) in [7, 11) is -0.825. The van der Waals surface area contributed by atoms with Gasteiger partial charge < -0.3 is 44.9 Å². The van der Waals surface area contributed by atoms with E-state index in [1.807, 2.05) is 125 Å². The van der Waals surface area contributed by atoms with Crippen LogP contribution in [-0.4, -0.2) is 112 Å². The maximum Gasteiger partial charge on any atom is 0.482 e. The Labute approximate surface area is 461 Å². The van der Waals surface area contributed by atoms with Gasteiger partial charge in [-0.15, -0.1) is 10.2 Å². The molecule has 0 spiro atoms. The first-order chi connectivity index (χ1) is 37.8. The third kappa shape index (κ3) is 12.1. The molecule has 9 rings (SSSR count). The lowest BCUT2D eigenvalue weighted by Gasteiger charge is -2.37. The fourth-order valence-electron chi connectivity index (χ4n) is 10.8. The molecule has 0 bridgehead atoms. The number of aromatic nitrogens is 6. The summed E-state index contributed by atoms with van der Waals surface area (Å²) in [4.78, 5) is 64.9. The van der Waals surface area contributed by atoms with Gasteiger partial charge in [-0.25, -0.2) is 4.98 Å². The van der Waals surface area contributed by atoms with Gasteiger partial charge in [0.25, 0.3) is 17.7 Å². The number of carbonyl (C=O) groups excluding carboxylic acids is 4. The number of likely N-dealkylation sites (tertiary alicyclic amines) is 1. The summed E-state index contributed by atoms with van der Waals surface area (Å²) in [6.07, 6.45) is 9.82. The van der Waals surface area contributed by atoms with E-state index in [0.717, 1.165) is 47.8 Å². The van der Waals surface area contributed by atoms with Gasteiger partial charge in [0.1, 0.15) is 28.8 Å². The zero-order valence-corrected chi connectivity index (χ0v) is 46.3. The van der Waals surface area contributed by atoms with Crippen molar-refractivity contribution in [3.05, 3.63) is 150 Å². The van der Waals surface area contributed by atoms with Crippen LogP contribution < -0.4 is 16.0 Å². The molecular formula is C60H71BN10O8. The SMILES string of the molecule is CCNC(=O)c1nnc(-c2cc(C(C)C)c(O)cc2O)n1-c1ccc2c(ccn2CCC2CCN(C(=O)c3ccc(C4(C)OB(C(CC(C)C)NC(=O)C(Cc5ccccc5)NC(=O)c5cnccn5)OC4(C)C)cc3)CC2)c1. The Hall–Kier alpha value is -7.90. The van der Waals surface area contributed by atoms with Gasteiger partial charge in [0, 0.05) is 73.7 Å². The highest BCUT2D eigenvalue weighted by atomic mass is 16.7. The molecule has 79 heavy (non-hydrogen) atoms. The van der Waals surface area contributed by atoms with E-state index < -0.39 is 42.1 Å². The summed E-state index contributed by atoms with van der Waals surface area (Å²) in [6.45, 7) is 18.2. The normalized spacial score (nSPS) is 17.3. The largest absolute Gasteiger partial charge is 0.508 e. The first-order valence-electron chi connectivity index (χ1n) is 27.4. The Morgan fingerprint density at radius 2 is 1.58 bits per heavy atom. The van der Waals surface area contributed by atoms with Crippen molar-refractivity contribution >= 4 is 41.7 Å². The van der Waals surface area contributed by atoms with Gasteiger partial charge >= 0.3 is 7.12 Å². The summed E-state index contributed by atoms with van der Waals surface area (Å²) in [5.41, 5.74) is 3.25. The molecule has 2 aliphatic heterocycles. The minimum absolute atomic E-state index is 0.0215. The molecule has 412 valence electrons. The van der Waals surface area contributed by atoms with Gasteiger partial charge in [0.2, 0.25) is 11.7 Å². The summed E-state index contributed by atoms with van der Waals surface area (Å²) in [5, 5.41) is 40.1. The van der Waals surface area contributed by atoms with Crippen LogP contribution in [0.3, 0.4) is 0 Å². The first-order valence-corrected chi connectivity index (χ1v) is 27.4. The average molecular weight is 1070 g/mol. The smallest absolute Gasteiger partial charge is 0.482 e. The van der Waals surface area contributed by atoms with E-state index in [-0.39, 0.29) is 58.9 Å². The topological polar surface area (TPSA) is 228 Å². The van der Waals surface area contributed by atoms with Crippen LogP contribution in [0.5, 0.6) is 11.5 Å². The fraction of sp³-hybridized carbons (Fsp3) is 0.400. The summed E-state index contributed by atoms with van der Waals surface area (Å²) < 4.78 is 17.4. The lowest BCUT2D eigenvalue weighted by molar-refractivity contribution is -0.123. The van der Waals surface area contributed by atoms with Crippen molar-refractivity contribution in [2.75, 3.05) is 19.6 Å². The van der Waals surface area contributed by atoms with Crippen LogP contribution in [0.15, 0.2) is 116 Å². The lowest BCUT2D eigenvalue weighted by atomic mass is 9.73. The van der Waals surface area contributed by atoms with Crippen molar-refractivity contribution in [1.29, 1.82) is 0 Å². The second-order valence-corrected chi connectivity index (χ2v) is 22.2. The van der Waals surface area contributed by atoms with Crippen molar-refractivity contribution in [2.45, 2.75) is 123 Å². The van der Waals surface area contributed by atoms with Gasteiger partial charge in [-0.3, -0.25) is 28.7 Å². The van der Waals surface area contributed by atoms with Crippen LogP contribution in [0.25, 0.3) is 28.0 Å². The number of aryl methyl sites for hydroxylation is 1. The van der Waals surface area contributed by atoms with E-state index in [9.17, 15) is 29.4 Å². The minimum Gasteiger partial charge on any atom is -0.508 e. The molecule has 4 amide bonds. The number of phenols is 2.